The topological polar surface area (TPSA) is 55.1 Å². The van der Waals surface area contributed by atoms with Crippen LogP contribution in [0.4, 0.5) is 0 Å². The summed E-state index contributed by atoms with van der Waals surface area (Å²) in [5, 5.41) is 2.96. The molecule has 1 unspecified atom stereocenters. The second kappa shape index (κ2) is 4.61. The average Bonchev–Trinajstić information content (AvgIpc) is 2.08. The standard InChI is InChI=1S/C10H20N2O/c1-3-7(2)10(13)12-6-8-4-9(11)5-8/h7-9H,3-6,11H2,1-2H3,(H,12,13). The number of hydrogen-bond acceptors (Lipinski definition) is 2. The third kappa shape index (κ3) is 2.99. The first kappa shape index (κ1) is 10.5. The SMILES string of the molecule is CCC(C)C(=O)NCC1CC(N)C1. The lowest BCUT2D eigenvalue weighted by molar-refractivity contribution is -0.124. The zero-order chi connectivity index (χ0) is 9.84. The molecule has 3 N–H and O–H groups in total. The summed E-state index contributed by atoms with van der Waals surface area (Å²) in [7, 11) is 0. The Balaban J connectivity index is 2.09. The molecule has 0 heterocycles. The van der Waals surface area contributed by atoms with Crippen LogP contribution in [0.25, 0.3) is 0 Å². The van der Waals surface area contributed by atoms with Crippen LogP contribution in [-0.4, -0.2) is 18.5 Å². The Hall–Kier alpha value is -0.570. The first-order valence-corrected chi connectivity index (χ1v) is 5.16. The highest BCUT2D eigenvalue weighted by Gasteiger charge is 2.26. The summed E-state index contributed by atoms with van der Waals surface area (Å²) in [4.78, 5) is 11.4. The van der Waals surface area contributed by atoms with Crippen LogP contribution in [0.5, 0.6) is 0 Å². The fourth-order valence-electron chi connectivity index (χ4n) is 1.56. The summed E-state index contributed by atoms with van der Waals surface area (Å²) in [5.41, 5.74) is 5.65. The van der Waals surface area contributed by atoms with Crippen molar-refractivity contribution in [3.8, 4) is 0 Å². The second-order valence-electron chi connectivity index (χ2n) is 4.15. The van der Waals surface area contributed by atoms with Crippen molar-refractivity contribution in [1.82, 2.24) is 5.32 Å². The molecule has 1 saturated carbocycles. The summed E-state index contributed by atoms with van der Waals surface area (Å²) >= 11 is 0. The van der Waals surface area contributed by atoms with Gasteiger partial charge in [0.2, 0.25) is 5.91 Å². The predicted octanol–water partition coefficient (Wildman–Crippen LogP) is 0.886. The van der Waals surface area contributed by atoms with Gasteiger partial charge in [-0.15, -0.1) is 0 Å². The predicted molar refractivity (Wildman–Crippen MR) is 53.2 cm³/mol. The smallest absolute Gasteiger partial charge is 0.222 e. The van der Waals surface area contributed by atoms with E-state index < -0.39 is 0 Å². The van der Waals surface area contributed by atoms with Crippen LogP contribution in [-0.2, 0) is 4.79 Å². The van der Waals surface area contributed by atoms with Gasteiger partial charge in [-0.2, -0.15) is 0 Å². The van der Waals surface area contributed by atoms with Gasteiger partial charge in [-0.05, 0) is 25.2 Å². The molecule has 0 saturated heterocycles. The number of rotatable bonds is 4. The minimum absolute atomic E-state index is 0.147. The number of carbonyl (C=O) groups excluding carboxylic acids is 1. The van der Waals surface area contributed by atoms with Gasteiger partial charge in [-0.3, -0.25) is 4.79 Å². The molecule has 0 aromatic rings. The maximum Gasteiger partial charge on any atom is 0.222 e. The molecule has 0 bridgehead atoms. The summed E-state index contributed by atoms with van der Waals surface area (Å²) in [5.74, 6) is 0.958. The maximum atomic E-state index is 11.4. The Kier molecular flexibility index (Phi) is 3.72. The van der Waals surface area contributed by atoms with Crippen LogP contribution in [0.1, 0.15) is 33.1 Å². The second-order valence-corrected chi connectivity index (χ2v) is 4.15. The van der Waals surface area contributed by atoms with Gasteiger partial charge in [0, 0.05) is 18.5 Å². The highest BCUT2D eigenvalue weighted by molar-refractivity contribution is 5.78. The fraction of sp³-hybridized carbons (Fsp3) is 0.900. The van der Waals surface area contributed by atoms with Crippen LogP contribution in [0.15, 0.2) is 0 Å². The van der Waals surface area contributed by atoms with Crippen LogP contribution in [0.2, 0.25) is 0 Å². The highest BCUT2D eigenvalue weighted by Crippen LogP contribution is 2.24. The number of nitrogens with two attached hydrogens (primary N) is 1. The molecule has 1 amide bonds. The summed E-state index contributed by atoms with van der Waals surface area (Å²) in [6.07, 6.45) is 3.05. The van der Waals surface area contributed by atoms with Gasteiger partial charge >= 0.3 is 0 Å². The van der Waals surface area contributed by atoms with Crippen molar-refractivity contribution >= 4 is 5.91 Å². The van der Waals surface area contributed by atoms with E-state index in [0.717, 1.165) is 25.8 Å². The number of nitrogens with one attached hydrogen (secondary N) is 1. The lowest BCUT2D eigenvalue weighted by Gasteiger charge is -2.32. The fourth-order valence-corrected chi connectivity index (χ4v) is 1.56. The van der Waals surface area contributed by atoms with Gasteiger partial charge in [0.25, 0.3) is 0 Å². The minimum atomic E-state index is 0.147. The molecule has 1 rings (SSSR count). The zero-order valence-corrected chi connectivity index (χ0v) is 8.55. The van der Waals surface area contributed by atoms with Crippen molar-refractivity contribution < 1.29 is 4.79 Å². The van der Waals surface area contributed by atoms with Crippen molar-refractivity contribution in [1.29, 1.82) is 0 Å². The van der Waals surface area contributed by atoms with Crippen molar-refractivity contribution in [2.24, 2.45) is 17.6 Å². The van der Waals surface area contributed by atoms with E-state index in [-0.39, 0.29) is 11.8 Å². The largest absolute Gasteiger partial charge is 0.356 e. The molecule has 13 heavy (non-hydrogen) atoms. The van der Waals surface area contributed by atoms with Crippen LogP contribution in [0.3, 0.4) is 0 Å². The van der Waals surface area contributed by atoms with Crippen molar-refractivity contribution in [2.45, 2.75) is 39.2 Å². The maximum absolute atomic E-state index is 11.4. The highest BCUT2D eigenvalue weighted by atomic mass is 16.1. The summed E-state index contributed by atoms with van der Waals surface area (Å²) in [6, 6.07) is 0.380. The Morgan fingerprint density at radius 2 is 2.23 bits per heavy atom. The molecule has 0 aromatic heterocycles. The van der Waals surface area contributed by atoms with Gasteiger partial charge in [0.05, 0.1) is 0 Å². The normalized spacial score (nSPS) is 29.2. The van der Waals surface area contributed by atoms with Crippen molar-refractivity contribution in [3.05, 3.63) is 0 Å². The molecule has 3 heteroatoms. The Morgan fingerprint density at radius 1 is 1.62 bits per heavy atom. The van der Waals surface area contributed by atoms with E-state index in [9.17, 15) is 4.79 Å². The third-order valence-corrected chi connectivity index (χ3v) is 2.90. The lowest BCUT2D eigenvalue weighted by atomic mass is 9.81. The minimum Gasteiger partial charge on any atom is -0.356 e. The lowest BCUT2D eigenvalue weighted by Crippen LogP contribution is -2.43. The van der Waals surface area contributed by atoms with Gasteiger partial charge in [0.15, 0.2) is 0 Å². The molecule has 1 aliphatic rings. The van der Waals surface area contributed by atoms with Crippen LogP contribution < -0.4 is 11.1 Å². The van der Waals surface area contributed by atoms with Crippen LogP contribution in [0, 0.1) is 11.8 Å². The molecule has 1 atom stereocenters. The summed E-state index contributed by atoms with van der Waals surface area (Å²) in [6.45, 7) is 4.81. The van der Waals surface area contributed by atoms with E-state index in [1.165, 1.54) is 0 Å². The third-order valence-electron chi connectivity index (χ3n) is 2.90. The molecule has 1 aliphatic carbocycles. The van der Waals surface area contributed by atoms with E-state index in [0.29, 0.717) is 12.0 Å². The van der Waals surface area contributed by atoms with Gasteiger partial charge in [-0.25, -0.2) is 0 Å². The van der Waals surface area contributed by atoms with Gasteiger partial charge < -0.3 is 11.1 Å². The summed E-state index contributed by atoms with van der Waals surface area (Å²) < 4.78 is 0. The Morgan fingerprint density at radius 3 is 2.69 bits per heavy atom. The molecular formula is C10H20N2O. The van der Waals surface area contributed by atoms with Gasteiger partial charge in [0.1, 0.15) is 0 Å². The van der Waals surface area contributed by atoms with Gasteiger partial charge in [-0.1, -0.05) is 13.8 Å². The van der Waals surface area contributed by atoms with E-state index >= 15 is 0 Å². The van der Waals surface area contributed by atoms with Crippen LogP contribution >= 0.6 is 0 Å². The van der Waals surface area contributed by atoms with E-state index in [1.807, 2.05) is 13.8 Å². The first-order valence-electron chi connectivity index (χ1n) is 5.16. The zero-order valence-electron chi connectivity index (χ0n) is 8.55. The van der Waals surface area contributed by atoms with Crippen molar-refractivity contribution in [2.75, 3.05) is 6.54 Å². The molecule has 0 aromatic carbocycles. The number of amides is 1. The number of hydrogen-bond donors (Lipinski definition) is 2. The molecule has 76 valence electrons. The quantitative estimate of drug-likeness (QED) is 0.681. The monoisotopic (exact) mass is 184 g/mol. The average molecular weight is 184 g/mol. The first-order chi connectivity index (χ1) is 6.13. The van der Waals surface area contributed by atoms with E-state index in [1.54, 1.807) is 0 Å². The molecule has 0 spiro atoms. The molecule has 3 nitrogen and oxygen atoms in total. The molecule has 0 aliphatic heterocycles. The Labute approximate surface area is 80.1 Å². The van der Waals surface area contributed by atoms with E-state index in [4.69, 9.17) is 5.73 Å². The molecule has 0 radical (unpaired) electrons. The van der Waals surface area contributed by atoms with E-state index in [2.05, 4.69) is 5.32 Å². The molecular weight excluding hydrogens is 164 g/mol. The Bertz CT molecular complexity index is 176. The number of carbonyl (C=O) groups is 1. The van der Waals surface area contributed by atoms with Crippen molar-refractivity contribution in [3.63, 3.8) is 0 Å². The molecule has 1 fully saturated rings.